The summed E-state index contributed by atoms with van der Waals surface area (Å²) in [5.41, 5.74) is 0.935. The van der Waals surface area contributed by atoms with E-state index < -0.39 is 6.10 Å². The molecule has 0 spiro atoms. The van der Waals surface area contributed by atoms with Crippen molar-refractivity contribution in [3.05, 3.63) is 56.7 Å². The number of thiophene rings is 1. The maximum Gasteiger partial charge on any atom is 0.0914 e. The molecule has 1 aromatic carbocycles. The van der Waals surface area contributed by atoms with Crippen LogP contribution in [0.15, 0.2) is 46.3 Å². The van der Waals surface area contributed by atoms with Gasteiger partial charge in [0.25, 0.3) is 0 Å². The molecule has 1 aromatic heterocycles. The van der Waals surface area contributed by atoms with Crippen molar-refractivity contribution >= 4 is 27.3 Å². The molecule has 0 aliphatic rings. The topological polar surface area (TPSA) is 32.3 Å². The SMILES string of the molecule is CC(Cc1cccs1)NCC(O)c1cccc(Br)c1. The quantitative estimate of drug-likeness (QED) is 0.839. The van der Waals surface area contributed by atoms with Gasteiger partial charge in [0.2, 0.25) is 0 Å². The molecule has 0 saturated carbocycles. The number of aliphatic hydroxyl groups is 1. The molecule has 0 aliphatic heterocycles. The molecule has 0 aliphatic carbocycles. The van der Waals surface area contributed by atoms with Gasteiger partial charge in [0.15, 0.2) is 0 Å². The Labute approximate surface area is 126 Å². The van der Waals surface area contributed by atoms with Crippen molar-refractivity contribution in [2.24, 2.45) is 0 Å². The smallest absolute Gasteiger partial charge is 0.0914 e. The van der Waals surface area contributed by atoms with Crippen LogP contribution in [0.4, 0.5) is 0 Å². The molecule has 0 amide bonds. The van der Waals surface area contributed by atoms with Crippen LogP contribution in [0.3, 0.4) is 0 Å². The van der Waals surface area contributed by atoms with Crippen LogP contribution in [0.1, 0.15) is 23.5 Å². The van der Waals surface area contributed by atoms with E-state index in [0.29, 0.717) is 12.6 Å². The summed E-state index contributed by atoms with van der Waals surface area (Å²) in [5, 5.41) is 15.6. The Bertz CT molecular complexity index is 501. The highest BCUT2D eigenvalue weighted by atomic mass is 79.9. The predicted molar refractivity (Wildman–Crippen MR) is 84.6 cm³/mol. The summed E-state index contributed by atoms with van der Waals surface area (Å²) >= 11 is 5.20. The van der Waals surface area contributed by atoms with Crippen molar-refractivity contribution in [1.82, 2.24) is 5.32 Å². The molecular weight excluding hydrogens is 322 g/mol. The van der Waals surface area contributed by atoms with E-state index in [1.807, 2.05) is 24.3 Å². The van der Waals surface area contributed by atoms with Gasteiger partial charge in [-0.2, -0.15) is 0 Å². The molecule has 102 valence electrons. The summed E-state index contributed by atoms with van der Waals surface area (Å²) in [7, 11) is 0. The monoisotopic (exact) mass is 339 g/mol. The van der Waals surface area contributed by atoms with Gasteiger partial charge in [-0.3, -0.25) is 0 Å². The van der Waals surface area contributed by atoms with E-state index in [9.17, 15) is 5.11 Å². The average Bonchev–Trinajstić information content (AvgIpc) is 2.88. The summed E-state index contributed by atoms with van der Waals surface area (Å²) in [6, 6.07) is 12.4. The Balaban J connectivity index is 1.81. The predicted octanol–water partition coefficient (Wildman–Crippen LogP) is 3.76. The van der Waals surface area contributed by atoms with Crippen molar-refractivity contribution < 1.29 is 5.11 Å². The summed E-state index contributed by atoms with van der Waals surface area (Å²) in [6.07, 6.45) is 0.534. The summed E-state index contributed by atoms with van der Waals surface area (Å²) in [5.74, 6) is 0. The first kappa shape index (κ1) is 14.7. The fraction of sp³-hybridized carbons (Fsp3) is 0.333. The van der Waals surface area contributed by atoms with Crippen molar-refractivity contribution in [3.63, 3.8) is 0 Å². The summed E-state index contributed by atoms with van der Waals surface area (Å²) in [4.78, 5) is 1.37. The van der Waals surface area contributed by atoms with Gasteiger partial charge in [-0.1, -0.05) is 34.1 Å². The third-order valence-corrected chi connectivity index (χ3v) is 4.37. The highest BCUT2D eigenvalue weighted by Crippen LogP contribution is 2.18. The van der Waals surface area contributed by atoms with E-state index in [1.54, 1.807) is 11.3 Å². The standard InChI is InChI=1S/C15H18BrNOS/c1-11(8-14-6-3-7-19-14)17-10-15(18)12-4-2-5-13(16)9-12/h2-7,9,11,15,17-18H,8,10H2,1H3. The van der Waals surface area contributed by atoms with Gasteiger partial charge in [-0.15, -0.1) is 11.3 Å². The van der Waals surface area contributed by atoms with Gasteiger partial charge in [0.1, 0.15) is 0 Å². The Morgan fingerprint density at radius 2 is 2.16 bits per heavy atom. The van der Waals surface area contributed by atoms with E-state index in [4.69, 9.17) is 0 Å². The third kappa shape index (κ3) is 4.73. The number of halogens is 1. The van der Waals surface area contributed by atoms with Crippen LogP contribution in [-0.4, -0.2) is 17.7 Å². The fourth-order valence-corrected chi connectivity index (χ4v) is 3.20. The summed E-state index contributed by atoms with van der Waals surface area (Å²) < 4.78 is 0.996. The van der Waals surface area contributed by atoms with E-state index in [0.717, 1.165) is 16.5 Å². The molecule has 2 atom stereocenters. The molecule has 2 unspecified atom stereocenters. The lowest BCUT2D eigenvalue weighted by Gasteiger charge is -2.17. The average molecular weight is 340 g/mol. The maximum absolute atomic E-state index is 10.1. The zero-order chi connectivity index (χ0) is 13.7. The summed E-state index contributed by atoms with van der Waals surface area (Å²) in [6.45, 7) is 2.72. The van der Waals surface area contributed by atoms with Gasteiger partial charge >= 0.3 is 0 Å². The van der Waals surface area contributed by atoms with Crippen LogP contribution in [0.25, 0.3) is 0 Å². The van der Waals surface area contributed by atoms with Crippen LogP contribution in [-0.2, 0) is 6.42 Å². The Hall–Kier alpha value is -0.680. The van der Waals surface area contributed by atoms with Crippen LogP contribution in [0.5, 0.6) is 0 Å². The van der Waals surface area contributed by atoms with Crippen LogP contribution in [0, 0.1) is 0 Å². The van der Waals surface area contributed by atoms with E-state index in [-0.39, 0.29) is 0 Å². The molecule has 0 bridgehead atoms. The van der Waals surface area contributed by atoms with Crippen LogP contribution in [0.2, 0.25) is 0 Å². The Morgan fingerprint density at radius 3 is 2.84 bits per heavy atom. The highest BCUT2D eigenvalue weighted by molar-refractivity contribution is 9.10. The maximum atomic E-state index is 10.1. The lowest BCUT2D eigenvalue weighted by atomic mass is 10.1. The second kappa shape index (κ2) is 7.20. The molecule has 2 aromatic rings. The molecule has 0 fully saturated rings. The number of nitrogens with one attached hydrogen (secondary N) is 1. The van der Waals surface area contributed by atoms with Gasteiger partial charge in [-0.05, 0) is 42.5 Å². The first-order valence-corrected chi connectivity index (χ1v) is 8.01. The normalized spacial score (nSPS) is 14.3. The molecule has 4 heteroatoms. The van der Waals surface area contributed by atoms with Gasteiger partial charge in [0, 0.05) is 21.9 Å². The second-order valence-corrected chi connectivity index (χ2v) is 6.61. The fourth-order valence-electron chi connectivity index (χ4n) is 1.95. The molecule has 19 heavy (non-hydrogen) atoms. The number of rotatable bonds is 6. The van der Waals surface area contributed by atoms with Crippen molar-refractivity contribution in [2.45, 2.75) is 25.5 Å². The molecular formula is C15H18BrNOS. The minimum Gasteiger partial charge on any atom is -0.387 e. The zero-order valence-electron chi connectivity index (χ0n) is 10.8. The minimum absolute atomic E-state index is 0.362. The first-order chi connectivity index (χ1) is 9.15. The van der Waals surface area contributed by atoms with Gasteiger partial charge in [0.05, 0.1) is 6.10 Å². The number of aliphatic hydroxyl groups excluding tert-OH is 1. The molecule has 2 rings (SSSR count). The van der Waals surface area contributed by atoms with E-state index in [2.05, 4.69) is 45.7 Å². The largest absolute Gasteiger partial charge is 0.387 e. The number of benzene rings is 1. The van der Waals surface area contributed by atoms with E-state index >= 15 is 0 Å². The van der Waals surface area contributed by atoms with Crippen molar-refractivity contribution in [2.75, 3.05) is 6.54 Å². The lowest BCUT2D eigenvalue weighted by Crippen LogP contribution is -2.31. The van der Waals surface area contributed by atoms with Crippen molar-refractivity contribution in [1.29, 1.82) is 0 Å². The zero-order valence-corrected chi connectivity index (χ0v) is 13.2. The van der Waals surface area contributed by atoms with Crippen LogP contribution < -0.4 is 5.32 Å². The Kier molecular flexibility index (Phi) is 5.58. The van der Waals surface area contributed by atoms with E-state index in [1.165, 1.54) is 4.88 Å². The molecule has 0 radical (unpaired) electrons. The van der Waals surface area contributed by atoms with Crippen molar-refractivity contribution in [3.8, 4) is 0 Å². The third-order valence-electron chi connectivity index (χ3n) is 2.98. The second-order valence-electron chi connectivity index (χ2n) is 4.66. The van der Waals surface area contributed by atoms with Crippen LogP contribution >= 0.6 is 27.3 Å². The molecule has 1 heterocycles. The number of hydrogen-bond donors (Lipinski definition) is 2. The minimum atomic E-state index is -0.469. The molecule has 2 nitrogen and oxygen atoms in total. The number of hydrogen-bond acceptors (Lipinski definition) is 3. The Morgan fingerprint density at radius 1 is 1.32 bits per heavy atom. The lowest BCUT2D eigenvalue weighted by molar-refractivity contribution is 0.170. The van der Waals surface area contributed by atoms with Gasteiger partial charge < -0.3 is 10.4 Å². The highest BCUT2D eigenvalue weighted by Gasteiger charge is 2.10. The molecule has 2 N–H and O–H groups in total. The van der Waals surface area contributed by atoms with Gasteiger partial charge in [-0.25, -0.2) is 0 Å². The molecule has 0 saturated heterocycles. The first-order valence-electron chi connectivity index (χ1n) is 6.34.